The van der Waals surface area contributed by atoms with Crippen LogP contribution in [0.2, 0.25) is 0 Å². The van der Waals surface area contributed by atoms with Crippen molar-refractivity contribution in [3.05, 3.63) is 75.9 Å². The van der Waals surface area contributed by atoms with Crippen LogP contribution < -0.4 is 10.4 Å². The molecule has 1 N–H and O–H groups in total. The summed E-state index contributed by atoms with van der Waals surface area (Å²) in [6, 6.07) is 14.4. The van der Waals surface area contributed by atoms with E-state index in [1.165, 1.54) is 29.5 Å². The van der Waals surface area contributed by atoms with E-state index < -0.39 is 5.63 Å². The second kappa shape index (κ2) is 10.1. The Hall–Kier alpha value is -3.26. The van der Waals surface area contributed by atoms with Crippen LogP contribution in [0.4, 0.5) is 0 Å². The van der Waals surface area contributed by atoms with Crippen LogP contribution in [0.1, 0.15) is 37.7 Å². The number of ether oxygens (including phenoxy) is 1. The molecule has 0 fully saturated rings. The van der Waals surface area contributed by atoms with E-state index in [2.05, 4.69) is 47.7 Å². The highest BCUT2D eigenvalue weighted by atomic mass is 32.2. The van der Waals surface area contributed by atoms with Gasteiger partial charge in [0, 0.05) is 29.8 Å². The molecule has 0 aliphatic heterocycles. The number of aryl methyl sites for hydroxylation is 1. The number of hydrogen-bond acceptors (Lipinski definition) is 7. The molecule has 0 unspecified atom stereocenters. The molecule has 0 amide bonds. The van der Waals surface area contributed by atoms with Crippen molar-refractivity contribution in [2.24, 2.45) is 5.92 Å². The molecule has 7 nitrogen and oxygen atoms in total. The maximum atomic E-state index is 12.0. The topological polar surface area (TPSA) is 90.4 Å². The van der Waals surface area contributed by atoms with Crippen molar-refractivity contribution in [3.8, 4) is 11.5 Å². The zero-order valence-electron chi connectivity index (χ0n) is 18.9. The third kappa shape index (κ3) is 5.57. The Morgan fingerprint density at radius 2 is 1.91 bits per heavy atom. The molecule has 2 aromatic carbocycles. The highest BCUT2D eigenvalue weighted by molar-refractivity contribution is 7.98. The molecule has 4 aromatic rings. The van der Waals surface area contributed by atoms with Crippen LogP contribution >= 0.6 is 11.8 Å². The van der Waals surface area contributed by atoms with Gasteiger partial charge in [-0.25, -0.2) is 4.79 Å². The summed E-state index contributed by atoms with van der Waals surface area (Å²) in [5, 5.41) is 20.0. The lowest BCUT2D eigenvalue weighted by Gasteiger charge is -2.13. The first-order valence-corrected chi connectivity index (χ1v) is 11.9. The Kier molecular flexibility index (Phi) is 7.03. The maximum absolute atomic E-state index is 12.0. The van der Waals surface area contributed by atoms with Gasteiger partial charge in [0.1, 0.15) is 23.7 Å². The van der Waals surface area contributed by atoms with Gasteiger partial charge >= 0.3 is 5.63 Å². The van der Waals surface area contributed by atoms with Crippen molar-refractivity contribution in [3.63, 3.8) is 0 Å². The van der Waals surface area contributed by atoms with E-state index >= 15 is 0 Å². The predicted octanol–water partition coefficient (Wildman–Crippen LogP) is 5.18. The number of phenolic OH excluding ortho intramolecular Hbond substituents is 1. The monoisotopic (exact) mass is 465 g/mol. The molecule has 172 valence electrons. The van der Waals surface area contributed by atoms with Gasteiger partial charge in [-0.2, -0.15) is 0 Å². The summed E-state index contributed by atoms with van der Waals surface area (Å²) in [6.07, 6.45) is 0.989. The van der Waals surface area contributed by atoms with Crippen LogP contribution in [0.3, 0.4) is 0 Å². The fraction of sp³-hybridized carbons (Fsp3) is 0.320. The van der Waals surface area contributed by atoms with Gasteiger partial charge in [0.15, 0.2) is 11.0 Å². The van der Waals surface area contributed by atoms with Gasteiger partial charge in [-0.1, -0.05) is 44.7 Å². The Balaban J connectivity index is 1.53. The second-order valence-electron chi connectivity index (χ2n) is 8.25. The average Bonchev–Trinajstić information content (AvgIpc) is 3.16. The van der Waals surface area contributed by atoms with E-state index in [-0.39, 0.29) is 5.75 Å². The van der Waals surface area contributed by atoms with E-state index in [0.29, 0.717) is 23.9 Å². The van der Waals surface area contributed by atoms with Crippen molar-refractivity contribution in [1.82, 2.24) is 14.8 Å². The standard InChI is InChI=1S/C25H27N3O4S/c1-4-17-5-8-20(9-6-17)31-14-23-26-27-25(28(23)13-16(2)3)33-15-18-11-24(30)32-22-12-19(29)7-10-21(18)22/h5-12,16,29H,4,13-15H2,1-3H3. The summed E-state index contributed by atoms with van der Waals surface area (Å²) in [4.78, 5) is 12.0. The van der Waals surface area contributed by atoms with Gasteiger partial charge in [-0.05, 0) is 47.7 Å². The molecular weight excluding hydrogens is 438 g/mol. The normalized spacial score (nSPS) is 11.4. The number of fused-ring (bicyclic) bond motifs is 1. The second-order valence-corrected chi connectivity index (χ2v) is 9.19. The van der Waals surface area contributed by atoms with E-state index in [1.54, 1.807) is 12.1 Å². The molecule has 33 heavy (non-hydrogen) atoms. The molecule has 0 saturated heterocycles. The lowest BCUT2D eigenvalue weighted by Crippen LogP contribution is -2.12. The van der Waals surface area contributed by atoms with Gasteiger partial charge in [0.25, 0.3) is 0 Å². The van der Waals surface area contributed by atoms with Crippen molar-refractivity contribution in [1.29, 1.82) is 0 Å². The SMILES string of the molecule is CCc1ccc(OCc2nnc(SCc3cc(=O)oc4cc(O)ccc34)n2CC(C)C)cc1. The number of phenols is 1. The van der Waals surface area contributed by atoms with Gasteiger partial charge in [0.05, 0.1) is 0 Å². The van der Waals surface area contributed by atoms with Crippen LogP contribution in [0, 0.1) is 5.92 Å². The minimum absolute atomic E-state index is 0.0566. The minimum atomic E-state index is -0.449. The first kappa shape index (κ1) is 22.9. The molecule has 4 rings (SSSR count). The zero-order valence-corrected chi connectivity index (χ0v) is 19.8. The van der Waals surface area contributed by atoms with Gasteiger partial charge in [-0.15, -0.1) is 10.2 Å². The minimum Gasteiger partial charge on any atom is -0.508 e. The number of nitrogens with zero attached hydrogens (tertiary/aromatic N) is 3. The largest absolute Gasteiger partial charge is 0.508 e. The quantitative estimate of drug-likeness (QED) is 0.269. The lowest BCUT2D eigenvalue weighted by atomic mass is 10.1. The van der Waals surface area contributed by atoms with Gasteiger partial charge in [-0.3, -0.25) is 0 Å². The van der Waals surface area contributed by atoms with Crippen LogP contribution in [0.25, 0.3) is 11.0 Å². The molecule has 0 radical (unpaired) electrons. The Bertz CT molecular complexity index is 1300. The van der Waals surface area contributed by atoms with E-state index in [9.17, 15) is 9.90 Å². The third-order valence-corrected chi connectivity index (χ3v) is 6.23. The number of hydrogen-bond donors (Lipinski definition) is 1. The molecule has 0 bridgehead atoms. The first-order valence-electron chi connectivity index (χ1n) is 10.9. The van der Waals surface area contributed by atoms with Gasteiger partial charge in [0.2, 0.25) is 0 Å². The number of rotatable bonds is 9. The summed E-state index contributed by atoms with van der Waals surface area (Å²) >= 11 is 1.51. The van der Waals surface area contributed by atoms with Crippen LogP contribution in [0.5, 0.6) is 11.5 Å². The summed E-state index contributed by atoms with van der Waals surface area (Å²) < 4.78 is 13.3. The fourth-order valence-corrected chi connectivity index (χ4v) is 4.49. The summed E-state index contributed by atoms with van der Waals surface area (Å²) in [5.74, 6) is 2.53. The zero-order chi connectivity index (χ0) is 23.4. The maximum Gasteiger partial charge on any atom is 0.336 e. The predicted molar refractivity (Wildman–Crippen MR) is 129 cm³/mol. The van der Waals surface area contributed by atoms with E-state index in [0.717, 1.165) is 40.6 Å². The van der Waals surface area contributed by atoms with Crippen LogP contribution in [0.15, 0.2) is 62.9 Å². The van der Waals surface area contributed by atoms with Crippen LogP contribution in [-0.4, -0.2) is 19.9 Å². The number of aromatic nitrogens is 3. The Morgan fingerprint density at radius 3 is 2.64 bits per heavy atom. The molecule has 2 aromatic heterocycles. The molecule has 0 aliphatic rings. The van der Waals surface area contributed by atoms with E-state index in [1.807, 2.05) is 12.1 Å². The smallest absolute Gasteiger partial charge is 0.336 e. The summed E-state index contributed by atoms with van der Waals surface area (Å²) in [5.41, 5.74) is 2.00. The van der Waals surface area contributed by atoms with Crippen molar-refractivity contribution in [2.75, 3.05) is 0 Å². The average molecular weight is 466 g/mol. The fourth-order valence-electron chi connectivity index (χ4n) is 3.53. The van der Waals surface area contributed by atoms with Crippen LogP contribution in [-0.2, 0) is 25.3 Å². The molecule has 8 heteroatoms. The highest BCUT2D eigenvalue weighted by Crippen LogP contribution is 2.28. The number of benzene rings is 2. The number of aromatic hydroxyl groups is 1. The highest BCUT2D eigenvalue weighted by Gasteiger charge is 2.16. The Labute approximate surface area is 196 Å². The molecular formula is C25H27N3O4S. The molecule has 0 saturated carbocycles. The lowest BCUT2D eigenvalue weighted by molar-refractivity contribution is 0.284. The summed E-state index contributed by atoms with van der Waals surface area (Å²) in [7, 11) is 0. The third-order valence-electron chi connectivity index (χ3n) is 5.21. The first-order chi connectivity index (χ1) is 15.9. The van der Waals surface area contributed by atoms with Crippen molar-refractivity contribution in [2.45, 2.75) is 51.3 Å². The molecule has 0 atom stereocenters. The number of thioether (sulfide) groups is 1. The Morgan fingerprint density at radius 1 is 1.12 bits per heavy atom. The van der Waals surface area contributed by atoms with Crippen molar-refractivity contribution >= 4 is 22.7 Å². The molecule has 2 heterocycles. The van der Waals surface area contributed by atoms with E-state index in [4.69, 9.17) is 9.15 Å². The summed E-state index contributed by atoms with van der Waals surface area (Å²) in [6.45, 7) is 7.49. The van der Waals surface area contributed by atoms with Gasteiger partial charge < -0.3 is 18.8 Å². The van der Waals surface area contributed by atoms with Crippen molar-refractivity contribution < 1.29 is 14.3 Å². The molecule has 0 aliphatic carbocycles. The molecule has 0 spiro atoms.